The maximum atomic E-state index is 12.7. The fourth-order valence-electron chi connectivity index (χ4n) is 2.30. The largest absolute Gasteiger partial charge is 0.368 e. The van der Waals surface area contributed by atoms with Gasteiger partial charge in [-0.2, -0.15) is 4.31 Å². The lowest BCUT2D eigenvalue weighted by Gasteiger charge is -2.41. The molecule has 20 heavy (non-hydrogen) atoms. The third-order valence-corrected chi connectivity index (χ3v) is 5.73. The Kier molecular flexibility index (Phi) is 4.66. The van der Waals surface area contributed by atoms with Gasteiger partial charge < -0.3 is 4.74 Å². The van der Waals surface area contributed by atoms with Crippen LogP contribution >= 0.6 is 23.2 Å². The van der Waals surface area contributed by atoms with Crippen molar-refractivity contribution in [3.63, 3.8) is 0 Å². The maximum absolute atomic E-state index is 12.7. The third kappa shape index (κ3) is 3.28. The van der Waals surface area contributed by atoms with E-state index in [0.717, 1.165) is 0 Å². The first kappa shape index (κ1) is 16.0. The van der Waals surface area contributed by atoms with Crippen LogP contribution in [-0.4, -0.2) is 43.4 Å². The number of ether oxygens (including phenoxy) is 1. The Hall–Kier alpha value is -0.330. The molecule has 0 bridgehead atoms. The van der Waals surface area contributed by atoms with Gasteiger partial charge in [-0.25, -0.2) is 8.42 Å². The van der Waals surface area contributed by atoms with E-state index >= 15 is 0 Å². The Bertz CT molecular complexity index is 589. The summed E-state index contributed by atoms with van der Waals surface area (Å²) < 4.78 is 32.5. The van der Waals surface area contributed by atoms with Crippen LogP contribution in [0.3, 0.4) is 0 Å². The van der Waals surface area contributed by atoms with Gasteiger partial charge in [0.15, 0.2) is 0 Å². The zero-order valence-electron chi connectivity index (χ0n) is 11.3. The second-order valence-corrected chi connectivity index (χ2v) is 8.00. The average Bonchev–Trinajstić information content (AvgIpc) is 2.37. The number of benzene rings is 1. The summed E-state index contributed by atoms with van der Waals surface area (Å²) in [6, 6.07) is 6.43. The molecule has 0 spiro atoms. The number of hydrogen-bond acceptors (Lipinski definition) is 3. The maximum Gasteiger partial charge on any atom is 0.244 e. The quantitative estimate of drug-likeness (QED) is 0.796. The molecule has 1 saturated heterocycles. The fraction of sp³-hybridized carbons (Fsp3) is 0.538. The molecule has 0 aromatic heterocycles. The van der Waals surface area contributed by atoms with E-state index in [1.54, 1.807) is 18.2 Å². The Morgan fingerprint density at radius 3 is 2.65 bits per heavy atom. The van der Waals surface area contributed by atoms with Gasteiger partial charge in [-0.15, -0.1) is 11.6 Å². The van der Waals surface area contributed by atoms with Crippen LogP contribution in [0.25, 0.3) is 0 Å². The normalized spacial score (nSPS) is 23.7. The zero-order valence-corrected chi connectivity index (χ0v) is 13.7. The zero-order chi connectivity index (χ0) is 15.0. The van der Waals surface area contributed by atoms with Crippen molar-refractivity contribution in [1.29, 1.82) is 0 Å². The molecule has 0 amide bonds. The fourth-order valence-corrected chi connectivity index (χ4v) is 4.57. The lowest BCUT2D eigenvalue weighted by atomic mass is 10.1. The summed E-state index contributed by atoms with van der Waals surface area (Å²) in [6.45, 7) is 4.20. The molecule has 0 N–H and O–H groups in total. The SMILES string of the molecule is CC1(C)CN(S(=O)(=O)c2ccccc2Cl)CC(CCl)O1. The van der Waals surface area contributed by atoms with Crippen LogP contribution in [0.5, 0.6) is 0 Å². The monoisotopic (exact) mass is 337 g/mol. The number of alkyl halides is 1. The summed E-state index contributed by atoms with van der Waals surface area (Å²) in [6.07, 6.45) is -0.322. The summed E-state index contributed by atoms with van der Waals surface area (Å²) in [5.74, 6) is 0.248. The Balaban J connectivity index is 2.36. The molecule has 1 aromatic carbocycles. The number of nitrogens with zero attached hydrogens (tertiary/aromatic N) is 1. The van der Waals surface area contributed by atoms with Gasteiger partial charge >= 0.3 is 0 Å². The highest BCUT2D eigenvalue weighted by Gasteiger charge is 2.39. The third-order valence-electron chi connectivity index (χ3n) is 3.08. The number of hydrogen-bond donors (Lipinski definition) is 0. The summed E-state index contributed by atoms with van der Waals surface area (Å²) in [7, 11) is -3.64. The lowest BCUT2D eigenvalue weighted by molar-refractivity contribution is -0.107. The average molecular weight is 338 g/mol. The van der Waals surface area contributed by atoms with Gasteiger partial charge in [0, 0.05) is 19.0 Å². The molecule has 1 aliphatic heterocycles. The van der Waals surface area contributed by atoms with Crippen molar-refractivity contribution < 1.29 is 13.2 Å². The Labute approximate surface area is 129 Å². The molecule has 1 fully saturated rings. The van der Waals surface area contributed by atoms with Gasteiger partial charge in [0.2, 0.25) is 10.0 Å². The van der Waals surface area contributed by atoms with Crippen molar-refractivity contribution in [3.8, 4) is 0 Å². The van der Waals surface area contributed by atoms with Gasteiger partial charge in [0.25, 0.3) is 0 Å². The molecule has 1 aliphatic rings. The Morgan fingerprint density at radius 1 is 1.40 bits per heavy atom. The first-order valence-electron chi connectivity index (χ1n) is 6.25. The van der Waals surface area contributed by atoms with E-state index in [-0.39, 0.29) is 35.0 Å². The highest BCUT2D eigenvalue weighted by atomic mass is 35.5. The molecule has 0 saturated carbocycles. The standard InChI is InChI=1S/C13H17Cl2NO3S/c1-13(2)9-16(8-10(7-14)19-13)20(17,18)12-6-4-3-5-11(12)15/h3-6,10H,7-9H2,1-2H3. The van der Waals surface area contributed by atoms with Crippen molar-refractivity contribution in [3.05, 3.63) is 29.3 Å². The van der Waals surface area contributed by atoms with Crippen molar-refractivity contribution >= 4 is 33.2 Å². The molecular formula is C13H17Cl2NO3S. The van der Waals surface area contributed by atoms with Gasteiger partial charge in [-0.1, -0.05) is 23.7 Å². The van der Waals surface area contributed by atoms with E-state index in [0.29, 0.717) is 0 Å². The lowest BCUT2D eigenvalue weighted by Crippen LogP contribution is -2.55. The van der Waals surface area contributed by atoms with E-state index < -0.39 is 15.6 Å². The van der Waals surface area contributed by atoms with E-state index in [4.69, 9.17) is 27.9 Å². The van der Waals surface area contributed by atoms with E-state index in [1.807, 2.05) is 13.8 Å². The molecule has 7 heteroatoms. The van der Waals surface area contributed by atoms with Gasteiger partial charge in [0.1, 0.15) is 4.90 Å². The molecule has 1 heterocycles. The molecule has 1 atom stereocenters. The van der Waals surface area contributed by atoms with Crippen LogP contribution in [0.15, 0.2) is 29.2 Å². The molecule has 0 aliphatic carbocycles. The Morgan fingerprint density at radius 2 is 2.05 bits per heavy atom. The van der Waals surface area contributed by atoms with Crippen LogP contribution in [0, 0.1) is 0 Å². The van der Waals surface area contributed by atoms with Gasteiger partial charge in [-0.05, 0) is 26.0 Å². The predicted octanol–water partition coefficient (Wildman–Crippen LogP) is 2.75. The number of morpholine rings is 1. The second kappa shape index (κ2) is 5.81. The highest BCUT2D eigenvalue weighted by molar-refractivity contribution is 7.89. The first-order valence-corrected chi connectivity index (χ1v) is 8.60. The summed E-state index contributed by atoms with van der Waals surface area (Å²) >= 11 is 11.8. The molecule has 4 nitrogen and oxygen atoms in total. The number of rotatable bonds is 3. The minimum atomic E-state index is -3.64. The minimum absolute atomic E-state index is 0.118. The number of sulfonamides is 1. The minimum Gasteiger partial charge on any atom is -0.368 e. The second-order valence-electron chi connectivity index (χ2n) is 5.38. The molecular weight excluding hydrogens is 321 g/mol. The van der Waals surface area contributed by atoms with Crippen molar-refractivity contribution in [2.75, 3.05) is 19.0 Å². The van der Waals surface area contributed by atoms with Gasteiger partial charge in [0.05, 0.1) is 16.7 Å². The predicted molar refractivity (Wildman–Crippen MR) is 79.9 cm³/mol. The summed E-state index contributed by atoms with van der Waals surface area (Å²) in [4.78, 5) is 0.118. The van der Waals surface area contributed by atoms with E-state index in [2.05, 4.69) is 0 Å². The van der Waals surface area contributed by atoms with Crippen LogP contribution in [-0.2, 0) is 14.8 Å². The highest BCUT2D eigenvalue weighted by Crippen LogP contribution is 2.29. The van der Waals surface area contributed by atoms with E-state index in [1.165, 1.54) is 10.4 Å². The van der Waals surface area contributed by atoms with Crippen molar-refractivity contribution in [2.45, 2.75) is 30.4 Å². The van der Waals surface area contributed by atoms with Crippen LogP contribution in [0.4, 0.5) is 0 Å². The molecule has 0 radical (unpaired) electrons. The topological polar surface area (TPSA) is 46.6 Å². The molecule has 1 unspecified atom stereocenters. The van der Waals surface area contributed by atoms with E-state index in [9.17, 15) is 8.42 Å². The number of halogens is 2. The van der Waals surface area contributed by atoms with Crippen molar-refractivity contribution in [2.24, 2.45) is 0 Å². The molecule has 2 rings (SSSR count). The van der Waals surface area contributed by atoms with Crippen LogP contribution in [0.1, 0.15) is 13.8 Å². The van der Waals surface area contributed by atoms with Crippen molar-refractivity contribution in [1.82, 2.24) is 4.31 Å². The first-order chi connectivity index (χ1) is 9.26. The smallest absolute Gasteiger partial charge is 0.244 e. The summed E-state index contributed by atoms with van der Waals surface area (Å²) in [5.41, 5.74) is -0.577. The van der Waals surface area contributed by atoms with Crippen LogP contribution in [0.2, 0.25) is 5.02 Å². The van der Waals surface area contributed by atoms with Gasteiger partial charge in [-0.3, -0.25) is 0 Å². The summed E-state index contributed by atoms with van der Waals surface area (Å²) in [5, 5.41) is 0.222. The molecule has 1 aromatic rings. The molecule has 112 valence electrons. The van der Waals surface area contributed by atoms with Crippen LogP contribution < -0.4 is 0 Å².